The van der Waals surface area contributed by atoms with Gasteiger partial charge in [0.1, 0.15) is 19.5 Å². The maximum atomic E-state index is 12.1. The SMILES string of the molecule is CCc1ccccc1NC(=O)CN(C)C(=O)COC(=O)C1=COCCO1. The molecule has 1 aliphatic heterocycles. The fraction of sp³-hybridized carbons (Fsp3) is 0.389. The molecule has 0 saturated heterocycles. The standard InChI is InChI=1S/C18H22N2O6/c1-3-13-6-4-5-7-14(13)19-16(21)10-20(2)17(22)12-26-18(23)15-11-24-8-9-25-15/h4-7,11H,3,8-10,12H2,1-2H3,(H,19,21). The Morgan fingerprint density at radius 1 is 1.23 bits per heavy atom. The highest BCUT2D eigenvalue weighted by Crippen LogP contribution is 2.15. The average molecular weight is 362 g/mol. The average Bonchev–Trinajstić information content (AvgIpc) is 2.66. The molecule has 0 bridgehead atoms. The summed E-state index contributed by atoms with van der Waals surface area (Å²) in [5.41, 5.74) is 1.72. The van der Waals surface area contributed by atoms with Crippen LogP contribution in [0.25, 0.3) is 0 Å². The van der Waals surface area contributed by atoms with Crippen molar-refractivity contribution in [1.82, 2.24) is 4.90 Å². The first-order valence-corrected chi connectivity index (χ1v) is 8.24. The van der Waals surface area contributed by atoms with Gasteiger partial charge in [-0.1, -0.05) is 25.1 Å². The van der Waals surface area contributed by atoms with E-state index in [0.717, 1.165) is 18.2 Å². The summed E-state index contributed by atoms with van der Waals surface area (Å²) in [6, 6.07) is 7.46. The van der Waals surface area contributed by atoms with Gasteiger partial charge in [-0.2, -0.15) is 0 Å². The smallest absolute Gasteiger partial charge is 0.377 e. The minimum atomic E-state index is -0.784. The van der Waals surface area contributed by atoms with Crippen LogP contribution in [0.5, 0.6) is 0 Å². The summed E-state index contributed by atoms with van der Waals surface area (Å²) in [5.74, 6) is -1.71. The van der Waals surface area contributed by atoms with Gasteiger partial charge in [-0.25, -0.2) is 4.79 Å². The summed E-state index contributed by atoms with van der Waals surface area (Å²) in [6.07, 6.45) is 1.93. The number of benzene rings is 1. The number of rotatable bonds is 7. The van der Waals surface area contributed by atoms with Gasteiger partial charge in [0.2, 0.25) is 11.7 Å². The third kappa shape index (κ3) is 5.51. The number of aryl methyl sites for hydroxylation is 1. The van der Waals surface area contributed by atoms with Gasteiger partial charge < -0.3 is 24.4 Å². The van der Waals surface area contributed by atoms with Crippen molar-refractivity contribution in [3.63, 3.8) is 0 Å². The molecule has 8 heteroatoms. The topological polar surface area (TPSA) is 94.2 Å². The predicted octanol–water partition coefficient (Wildman–Crippen LogP) is 1.08. The fourth-order valence-electron chi connectivity index (χ4n) is 2.23. The van der Waals surface area contributed by atoms with Crippen LogP contribution in [0.2, 0.25) is 0 Å². The Labute approximate surface area is 151 Å². The number of hydrogen-bond acceptors (Lipinski definition) is 6. The fourth-order valence-corrected chi connectivity index (χ4v) is 2.23. The van der Waals surface area contributed by atoms with Crippen LogP contribution in [0.15, 0.2) is 36.3 Å². The Balaban J connectivity index is 1.79. The van der Waals surface area contributed by atoms with Crippen molar-refractivity contribution in [1.29, 1.82) is 0 Å². The van der Waals surface area contributed by atoms with Crippen molar-refractivity contribution < 1.29 is 28.6 Å². The lowest BCUT2D eigenvalue weighted by atomic mass is 10.1. The summed E-state index contributed by atoms with van der Waals surface area (Å²) in [6.45, 7) is 1.94. The largest absolute Gasteiger partial charge is 0.493 e. The highest BCUT2D eigenvalue weighted by Gasteiger charge is 2.20. The minimum Gasteiger partial charge on any atom is -0.493 e. The predicted molar refractivity (Wildman–Crippen MR) is 93.0 cm³/mol. The first-order valence-electron chi connectivity index (χ1n) is 8.24. The maximum absolute atomic E-state index is 12.1. The molecule has 0 atom stereocenters. The molecule has 2 rings (SSSR count). The second kappa shape index (κ2) is 9.45. The number of nitrogens with zero attached hydrogens (tertiary/aromatic N) is 1. The number of ether oxygens (including phenoxy) is 3. The van der Waals surface area contributed by atoms with E-state index in [0.29, 0.717) is 12.3 Å². The first-order chi connectivity index (χ1) is 12.5. The van der Waals surface area contributed by atoms with Crippen LogP contribution in [-0.2, 0) is 35.0 Å². The summed E-state index contributed by atoms with van der Waals surface area (Å²) in [4.78, 5) is 37.0. The van der Waals surface area contributed by atoms with Gasteiger partial charge in [-0.15, -0.1) is 0 Å². The molecule has 0 spiro atoms. The molecule has 8 nitrogen and oxygen atoms in total. The molecule has 1 aliphatic rings. The quantitative estimate of drug-likeness (QED) is 0.730. The van der Waals surface area contributed by atoms with Crippen LogP contribution in [0.3, 0.4) is 0 Å². The van der Waals surface area contributed by atoms with Crippen LogP contribution in [-0.4, -0.2) is 56.1 Å². The summed E-state index contributed by atoms with van der Waals surface area (Å²) >= 11 is 0. The molecule has 0 unspecified atom stereocenters. The number of carbonyl (C=O) groups is 3. The molecular weight excluding hydrogens is 340 g/mol. The monoisotopic (exact) mass is 362 g/mol. The molecule has 2 amide bonds. The number of nitrogens with one attached hydrogen (secondary N) is 1. The molecular formula is C18H22N2O6. The van der Waals surface area contributed by atoms with Crippen molar-refractivity contribution in [3.05, 3.63) is 41.9 Å². The van der Waals surface area contributed by atoms with E-state index in [1.165, 1.54) is 11.9 Å². The third-order valence-electron chi connectivity index (χ3n) is 3.66. The second-order valence-electron chi connectivity index (χ2n) is 5.59. The van der Waals surface area contributed by atoms with Crippen LogP contribution < -0.4 is 5.32 Å². The Morgan fingerprint density at radius 2 is 2.00 bits per heavy atom. The van der Waals surface area contributed by atoms with E-state index >= 15 is 0 Å². The van der Waals surface area contributed by atoms with E-state index < -0.39 is 18.5 Å². The third-order valence-corrected chi connectivity index (χ3v) is 3.66. The molecule has 1 aromatic rings. The zero-order valence-corrected chi connectivity index (χ0v) is 14.8. The number of para-hydroxylation sites is 1. The zero-order valence-electron chi connectivity index (χ0n) is 14.8. The van der Waals surface area contributed by atoms with E-state index in [-0.39, 0.29) is 24.8 Å². The first kappa shape index (κ1) is 19.3. The normalized spacial score (nSPS) is 12.9. The van der Waals surface area contributed by atoms with Crippen LogP contribution in [0.1, 0.15) is 12.5 Å². The van der Waals surface area contributed by atoms with Crippen molar-refractivity contribution in [3.8, 4) is 0 Å². The Hall–Kier alpha value is -3.03. The van der Waals surface area contributed by atoms with Gasteiger partial charge in [0.25, 0.3) is 5.91 Å². The van der Waals surface area contributed by atoms with Gasteiger partial charge in [0.05, 0.1) is 6.54 Å². The van der Waals surface area contributed by atoms with E-state index in [2.05, 4.69) is 5.32 Å². The van der Waals surface area contributed by atoms with Gasteiger partial charge in [-0.3, -0.25) is 9.59 Å². The zero-order chi connectivity index (χ0) is 18.9. The van der Waals surface area contributed by atoms with Crippen LogP contribution in [0, 0.1) is 0 Å². The molecule has 26 heavy (non-hydrogen) atoms. The van der Waals surface area contributed by atoms with Crippen LogP contribution in [0.4, 0.5) is 5.69 Å². The lowest BCUT2D eigenvalue weighted by molar-refractivity contribution is -0.152. The Morgan fingerprint density at radius 3 is 2.69 bits per heavy atom. The maximum Gasteiger partial charge on any atom is 0.377 e. The Bertz CT molecular complexity index is 701. The number of carbonyl (C=O) groups excluding carboxylic acids is 3. The number of amides is 2. The van der Waals surface area contributed by atoms with Crippen molar-refractivity contribution in [2.45, 2.75) is 13.3 Å². The number of esters is 1. The van der Waals surface area contributed by atoms with E-state index in [1.54, 1.807) is 6.07 Å². The summed E-state index contributed by atoms with van der Waals surface area (Å²) in [5, 5.41) is 2.78. The van der Waals surface area contributed by atoms with Gasteiger partial charge in [0, 0.05) is 12.7 Å². The van der Waals surface area contributed by atoms with Gasteiger partial charge in [0.15, 0.2) is 6.61 Å². The van der Waals surface area contributed by atoms with Crippen molar-refractivity contribution in [2.75, 3.05) is 38.7 Å². The highest BCUT2D eigenvalue weighted by molar-refractivity contribution is 5.95. The molecule has 0 radical (unpaired) electrons. The summed E-state index contributed by atoms with van der Waals surface area (Å²) in [7, 11) is 1.46. The second-order valence-corrected chi connectivity index (χ2v) is 5.59. The Kier molecular flexibility index (Phi) is 7.02. The van der Waals surface area contributed by atoms with Crippen molar-refractivity contribution in [2.24, 2.45) is 0 Å². The molecule has 140 valence electrons. The highest BCUT2D eigenvalue weighted by atomic mass is 16.6. The van der Waals surface area contributed by atoms with E-state index in [9.17, 15) is 14.4 Å². The molecule has 1 heterocycles. The number of anilines is 1. The number of likely N-dealkylation sites (N-methyl/N-ethyl adjacent to an activating group) is 1. The lowest BCUT2D eigenvalue weighted by Crippen LogP contribution is -2.37. The molecule has 0 saturated carbocycles. The van der Waals surface area contributed by atoms with E-state index in [1.807, 2.05) is 25.1 Å². The van der Waals surface area contributed by atoms with E-state index in [4.69, 9.17) is 14.2 Å². The van der Waals surface area contributed by atoms with Gasteiger partial charge >= 0.3 is 5.97 Å². The van der Waals surface area contributed by atoms with Gasteiger partial charge in [-0.05, 0) is 18.1 Å². The molecule has 1 N–H and O–H groups in total. The molecule has 0 aromatic heterocycles. The molecule has 0 fully saturated rings. The molecule has 0 aliphatic carbocycles. The van der Waals surface area contributed by atoms with Crippen LogP contribution >= 0.6 is 0 Å². The lowest BCUT2D eigenvalue weighted by Gasteiger charge is -2.18. The minimum absolute atomic E-state index is 0.0828. The summed E-state index contributed by atoms with van der Waals surface area (Å²) < 4.78 is 14.9. The van der Waals surface area contributed by atoms with Crippen molar-refractivity contribution >= 4 is 23.5 Å². The molecule has 1 aromatic carbocycles. The number of hydrogen-bond donors (Lipinski definition) is 1.